The van der Waals surface area contributed by atoms with Crippen molar-refractivity contribution in [2.24, 2.45) is 0 Å². The molecular weight excluding hydrogens is 293 g/mol. The van der Waals surface area contributed by atoms with Crippen LogP contribution in [0.1, 0.15) is 44.6 Å². The third-order valence-corrected chi connectivity index (χ3v) is 3.81. The van der Waals surface area contributed by atoms with Crippen molar-refractivity contribution in [3.8, 4) is 11.8 Å². The van der Waals surface area contributed by atoms with Crippen molar-refractivity contribution in [3.05, 3.63) is 29.8 Å². The minimum Gasteiger partial charge on any atom is -0.468 e. The van der Waals surface area contributed by atoms with Crippen LogP contribution in [0.3, 0.4) is 0 Å². The van der Waals surface area contributed by atoms with Crippen LogP contribution in [0.2, 0.25) is 0 Å². The normalized spacial score (nSPS) is 16.1. The summed E-state index contributed by atoms with van der Waals surface area (Å²) in [5.41, 5.74) is -3.68. The number of hydrogen-bond acceptors (Lipinski definition) is 5. The Morgan fingerprint density at radius 1 is 1.17 bits per heavy atom. The first-order valence-corrected chi connectivity index (χ1v) is 7.75. The van der Waals surface area contributed by atoms with Crippen molar-refractivity contribution in [1.29, 1.82) is 5.26 Å². The van der Waals surface area contributed by atoms with E-state index in [1.54, 1.807) is 25.3 Å². The zero-order valence-corrected chi connectivity index (χ0v) is 13.8. The third kappa shape index (κ3) is 5.87. The molecule has 5 nitrogen and oxygen atoms in total. The molecule has 0 bridgehead atoms. The summed E-state index contributed by atoms with van der Waals surface area (Å²) in [4.78, 5) is 0. The van der Waals surface area contributed by atoms with E-state index in [-0.39, 0.29) is 17.7 Å². The highest BCUT2D eigenvalue weighted by Crippen LogP contribution is 2.30. The van der Waals surface area contributed by atoms with E-state index in [9.17, 15) is 10.2 Å². The maximum atomic E-state index is 10.5. The smallest absolute Gasteiger partial charge is 0.184 e. The Hall–Kier alpha value is -1.55. The summed E-state index contributed by atoms with van der Waals surface area (Å²) in [6.07, 6.45) is 3.80. The van der Waals surface area contributed by atoms with E-state index in [1.807, 2.05) is 6.07 Å². The van der Waals surface area contributed by atoms with Gasteiger partial charge in [0.1, 0.15) is 17.4 Å². The van der Waals surface area contributed by atoms with Crippen molar-refractivity contribution in [2.45, 2.75) is 50.3 Å². The molecular formula is C17H24BNO4. The molecule has 2 unspecified atom stereocenters. The van der Waals surface area contributed by atoms with Gasteiger partial charge in [0, 0.05) is 13.7 Å². The molecule has 0 saturated carbocycles. The number of ether oxygens (including phenoxy) is 2. The summed E-state index contributed by atoms with van der Waals surface area (Å²) in [5.74, 6) is 0.139. The van der Waals surface area contributed by atoms with Crippen LogP contribution < -0.4 is 4.74 Å². The molecule has 0 aliphatic rings. The number of methoxy groups -OCH3 is 1. The van der Waals surface area contributed by atoms with Crippen LogP contribution in [-0.2, 0) is 4.74 Å². The second-order valence-electron chi connectivity index (χ2n) is 5.84. The molecule has 2 atom stereocenters. The lowest BCUT2D eigenvalue weighted by Gasteiger charge is -2.39. The van der Waals surface area contributed by atoms with Crippen LogP contribution in [0.4, 0.5) is 0 Å². The quantitative estimate of drug-likeness (QED) is 0.392. The topological polar surface area (TPSA) is 82.7 Å². The molecule has 124 valence electrons. The fourth-order valence-corrected chi connectivity index (χ4v) is 2.17. The average molecular weight is 317 g/mol. The standard InChI is InChI=1S/C17H24BNO4/c1-16(20,11-7-3-4-8-12-22-2)17(18,21)23-15-10-6-5-9-14(15)13-19/h5-6,9-10,20-21H,3-4,7-8,11-12H2,1-2H3. The second kappa shape index (κ2) is 8.92. The molecule has 0 aliphatic carbocycles. The van der Waals surface area contributed by atoms with Crippen LogP contribution in [-0.4, -0.2) is 43.1 Å². The van der Waals surface area contributed by atoms with Crippen LogP contribution in [0, 0.1) is 11.3 Å². The number of rotatable bonds is 10. The predicted octanol–water partition coefficient (Wildman–Crippen LogP) is 2.10. The molecule has 23 heavy (non-hydrogen) atoms. The third-order valence-electron chi connectivity index (χ3n) is 3.81. The van der Waals surface area contributed by atoms with E-state index in [4.69, 9.17) is 22.6 Å². The van der Waals surface area contributed by atoms with Gasteiger partial charge in [0.25, 0.3) is 0 Å². The van der Waals surface area contributed by atoms with Gasteiger partial charge in [0.05, 0.1) is 5.56 Å². The number of nitriles is 1. The van der Waals surface area contributed by atoms with Crippen molar-refractivity contribution < 1.29 is 19.7 Å². The first kappa shape index (κ1) is 19.5. The van der Waals surface area contributed by atoms with Gasteiger partial charge in [-0.15, -0.1) is 0 Å². The van der Waals surface area contributed by atoms with E-state index in [2.05, 4.69) is 0 Å². The van der Waals surface area contributed by atoms with E-state index in [0.717, 1.165) is 19.3 Å². The monoisotopic (exact) mass is 317 g/mol. The van der Waals surface area contributed by atoms with Gasteiger partial charge in [-0.1, -0.05) is 31.4 Å². The maximum absolute atomic E-state index is 10.5. The Balaban J connectivity index is 2.60. The second-order valence-corrected chi connectivity index (χ2v) is 5.84. The van der Waals surface area contributed by atoms with Crippen molar-refractivity contribution in [3.63, 3.8) is 0 Å². The van der Waals surface area contributed by atoms with Crippen molar-refractivity contribution >= 4 is 7.85 Å². The van der Waals surface area contributed by atoms with E-state index >= 15 is 0 Å². The first-order valence-electron chi connectivity index (χ1n) is 7.75. The Bertz CT molecular complexity index is 526. The highest BCUT2D eigenvalue weighted by Gasteiger charge is 2.43. The zero-order valence-electron chi connectivity index (χ0n) is 13.8. The van der Waals surface area contributed by atoms with Gasteiger partial charge in [-0.2, -0.15) is 5.26 Å². The summed E-state index contributed by atoms with van der Waals surface area (Å²) < 4.78 is 10.3. The molecule has 0 aliphatic heterocycles. The van der Waals surface area contributed by atoms with Gasteiger partial charge in [0.2, 0.25) is 0 Å². The van der Waals surface area contributed by atoms with Gasteiger partial charge in [-0.25, -0.2) is 0 Å². The molecule has 1 aromatic carbocycles. The number of unbranched alkanes of at least 4 members (excludes halogenated alkanes) is 3. The molecule has 1 aromatic rings. The predicted molar refractivity (Wildman–Crippen MR) is 88.1 cm³/mol. The highest BCUT2D eigenvalue weighted by atomic mass is 16.6. The summed E-state index contributed by atoms with van der Waals surface area (Å²) in [5, 5.41) is 29.8. The fourth-order valence-electron chi connectivity index (χ4n) is 2.17. The summed E-state index contributed by atoms with van der Waals surface area (Å²) in [6, 6.07) is 8.38. The largest absolute Gasteiger partial charge is 0.468 e. The number of benzene rings is 1. The Kier molecular flexibility index (Phi) is 7.57. The Morgan fingerprint density at radius 2 is 1.83 bits per heavy atom. The Morgan fingerprint density at radius 3 is 2.48 bits per heavy atom. The molecule has 0 amide bonds. The number of para-hydroxylation sites is 1. The van der Waals surface area contributed by atoms with Gasteiger partial charge >= 0.3 is 0 Å². The van der Waals surface area contributed by atoms with Crippen molar-refractivity contribution in [2.75, 3.05) is 13.7 Å². The molecule has 0 heterocycles. The number of aliphatic hydroxyl groups is 2. The lowest BCUT2D eigenvalue weighted by molar-refractivity contribution is -0.197. The van der Waals surface area contributed by atoms with Crippen LogP contribution in [0.15, 0.2) is 24.3 Å². The molecule has 6 heteroatoms. The molecule has 1 rings (SSSR count). The lowest BCUT2D eigenvalue weighted by atomic mass is 9.76. The van der Waals surface area contributed by atoms with E-state index in [0.29, 0.717) is 13.0 Å². The molecule has 0 spiro atoms. The van der Waals surface area contributed by atoms with E-state index < -0.39 is 11.3 Å². The van der Waals surface area contributed by atoms with Crippen LogP contribution in [0.25, 0.3) is 0 Å². The van der Waals surface area contributed by atoms with Crippen LogP contribution >= 0.6 is 0 Å². The zero-order chi connectivity index (χ0) is 17.3. The minimum absolute atomic E-state index is 0.139. The molecule has 0 saturated heterocycles. The summed E-state index contributed by atoms with van der Waals surface area (Å²) in [7, 11) is 7.43. The lowest BCUT2D eigenvalue weighted by Crippen LogP contribution is -2.57. The summed E-state index contributed by atoms with van der Waals surface area (Å²) >= 11 is 0. The maximum Gasteiger partial charge on any atom is 0.184 e. The van der Waals surface area contributed by atoms with E-state index in [1.165, 1.54) is 13.0 Å². The summed E-state index contributed by atoms with van der Waals surface area (Å²) in [6.45, 7) is 2.14. The van der Waals surface area contributed by atoms with Crippen LogP contribution in [0.5, 0.6) is 5.75 Å². The first-order chi connectivity index (χ1) is 10.8. The molecule has 0 aromatic heterocycles. The minimum atomic E-state index is -2.29. The average Bonchev–Trinajstić information content (AvgIpc) is 2.50. The van der Waals surface area contributed by atoms with Gasteiger partial charge in [-0.3, -0.25) is 0 Å². The number of hydrogen-bond donors (Lipinski definition) is 2. The highest BCUT2D eigenvalue weighted by molar-refractivity contribution is 6.14. The molecule has 0 fully saturated rings. The Labute approximate surface area is 139 Å². The molecule has 2 radical (unpaired) electrons. The van der Waals surface area contributed by atoms with Crippen molar-refractivity contribution in [1.82, 2.24) is 0 Å². The fraction of sp³-hybridized carbons (Fsp3) is 0.588. The molecule has 2 N–H and O–H groups in total. The van der Waals surface area contributed by atoms with Gasteiger partial charge < -0.3 is 19.7 Å². The number of nitrogens with zero attached hydrogens (tertiary/aromatic N) is 1. The van der Waals surface area contributed by atoms with Gasteiger partial charge in [0.15, 0.2) is 13.5 Å². The van der Waals surface area contributed by atoms with Gasteiger partial charge in [-0.05, 0) is 31.9 Å². The SMILES string of the molecule is [B]C(O)(Oc1ccccc1C#N)C(C)(O)CCCCCCOC.